The van der Waals surface area contributed by atoms with Gasteiger partial charge in [-0.15, -0.1) is 0 Å². The average Bonchev–Trinajstić information content (AvgIpc) is 2.78. The maximum absolute atomic E-state index is 12.7. The highest BCUT2D eigenvalue weighted by Gasteiger charge is 2.34. The number of nitrogens with one attached hydrogen (secondary N) is 2. The van der Waals surface area contributed by atoms with Gasteiger partial charge in [0.1, 0.15) is 11.5 Å². The van der Waals surface area contributed by atoms with E-state index in [4.69, 9.17) is 9.47 Å². The quantitative estimate of drug-likeness (QED) is 0.559. The summed E-state index contributed by atoms with van der Waals surface area (Å²) in [6.45, 7) is 4.04. The summed E-state index contributed by atoms with van der Waals surface area (Å²) in [6, 6.07) is 21.5. The minimum absolute atomic E-state index is 0.335. The van der Waals surface area contributed by atoms with E-state index < -0.39 is 18.0 Å². The minimum Gasteiger partial charge on any atom is -0.466 e. The second kappa shape index (κ2) is 8.98. The number of amides is 2. The van der Waals surface area contributed by atoms with Crippen molar-refractivity contribution in [3.8, 4) is 11.5 Å². The third kappa shape index (κ3) is 4.49. The summed E-state index contributed by atoms with van der Waals surface area (Å²) < 4.78 is 11.0. The zero-order valence-electron chi connectivity index (χ0n) is 18.1. The van der Waals surface area contributed by atoms with Gasteiger partial charge < -0.3 is 20.1 Å². The van der Waals surface area contributed by atoms with Crippen molar-refractivity contribution in [2.45, 2.75) is 19.9 Å². The summed E-state index contributed by atoms with van der Waals surface area (Å²) in [5.41, 5.74) is 4.47. The molecule has 6 nitrogen and oxygen atoms in total. The summed E-state index contributed by atoms with van der Waals surface area (Å²) in [5, 5.41) is 5.59. The highest BCUT2D eigenvalue weighted by atomic mass is 16.5. The van der Waals surface area contributed by atoms with Gasteiger partial charge >= 0.3 is 12.0 Å². The minimum atomic E-state index is -0.665. The highest BCUT2D eigenvalue weighted by Crippen LogP contribution is 2.33. The van der Waals surface area contributed by atoms with Crippen LogP contribution in [-0.2, 0) is 9.53 Å². The van der Waals surface area contributed by atoms with Crippen molar-refractivity contribution in [3.63, 3.8) is 0 Å². The van der Waals surface area contributed by atoms with Crippen molar-refractivity contribution in [1.29, 1.82) is 0 Å². The first-order chi connectivity index (χ1) is 15.4. The zero-order valence-corrected chi connectivity index (χ0v) is 18.1. The van der Waals surface area contributed by atoms with E-state index in [0.29, 0.717) is 17.0 Å². The number of aryl methyl sites for hydroxylation is 2. The van der Waals surface area contributed by atoms with Crippen LogP contribution in [0.15, 0.2) is 78.4 Å². The molecule has 0 saturated heterocycles. The Balaban J connectivity index is 1.69. The number of carbonyl (C=O) groups is 2. The van der Waals surface area contributed by atoms with Crippen LogP contribution in [0.3, 0.4) is 0 Å². The molecule has 1 unspecified atom stereocenters. The molecule has 0 aromatic heterocycles. The van der Waals surface area contributed by atoms with E-state index in [1.807, 2.05) is 80.6 Å². The van der Waals surface area contributed by atoms with Crippen molar-refractivity contribution in [2.24, 2.45) is 0 Å². The fourth-order valence-electron chi connectivity index (χ4n) is 3.83. The van der Waals surface area contributed by atoms with Crippen LogP contribution in [0.5, 0.6) is 11.5 Å². The lowest BCUT2D eigenvalue weighted by Crippen LogP contribution is -2.45. The Kier molecular flexibility index (Phi) is 5.94. The van der Waals surface area contributed by atoms with Crippen molar-refractivity contribution in [3.05, 3.63) is 101 Å². The molecule has 3 aromatic carbocycles. The standard InChI is InChI=1S/C26H24N2O4/c1-16-13-17(2)15-21(14-16)32-20-11-9-19(10-12-20)24-22(25(29)31-3)23(27-26(30)28-24)18-7-5-4-6-8-18/h4-15,24H,1-3H3,(H2,27,28,30). The van der Waals surface area contributed by atoms with Crippen molar-refractivity contribution >= 4 is 17.7 Å². The first kappa shape index (κ1) is 21.2. The van der Waals surface area contributed by atoms with Gasteiger partial charge in [-0.2, -0.15) is 0 Å². The lowest BCUT2D eigenvalue weighted by Gasteiger charge is -2.29. The largest absolute Gasteiger partial charge is 0.466 e. The maximum Gasteiger partial charge on any atom is 0.338 e. The Morgan fingerprint density at radius 2 is 1.53 bits per heavy atom. The fourth-order valence-corrected chi connectivity index (χ4v) is 3.83. The first-order valence-corrected chi connectivity index (χ1v) is 10.3. The lowest BCUT2D eigenvalue weighted by atomic mass is 9.92. The molecule has 162 valence electrons. The first-order valence-electron chi connectivity index (χ1n) is 10.3. The van der Waals surface area contributed by atoms with E-state index in [1.165, 1.54) is 7.11 Å². The van der Waals surface area contributed by atoms with Crippen LogP contribution >= 0.6 is 0 Å². The van der Waals surface area contributed by atoms with Crippen molar-refractivity contribution < 1.29 is 19.1 Å². The number of hydrogen-bond acceptors (Lipinski definition) is 4. The average molecular weight is 428 g/mol. The normalized spacial score (nSPS) is 15.6. The van der Waals surface area contributed by atoms with Crippen LogP contribution in [0.2, 0.25) is 0 Å². The number of esters is 1. The van der Waals surface area contributed by atoms with Gasteiger partial charge in [0.05, 0.1) is 24.4 Å². The molecule has 1 aliphatic rings. The van der Waals surface area contributed by atoms with Crippen LogP contribution in [0.1, 0.15) is 28.3 Å². The molecule has 1 heterocycles. The van der Waals surface area contributed by atoms with Gasteiger partial charge in [-0.05, 0) is 60.4 Å². The number of carbonyl (C=O) groups excluding carboxylic acids is 2. The predicted molar refractivity (Wildman–Crippen MR) is 122 cm³/mol. The van der Waals surface area contributed by atoms with E-state index in [2.05, 4.69) is 16.7 Å². The molecule has 2 N–H and O–H groups in total. The summed E-state index contributed by atoms with van der Waals surface area (Å²) in [5.74, 6) is 0.898. The number of urea groups is 1. The van der Waals surface area contributed by atoms with Crippen molar-refractivity contribution in [1.82, 2.24) is 10.6 Å². The van der Waals surface area contributed by atoms with E-state index in [-0.39, 0.29) is 0 Å². The maximum atomic E-state index is 12.7. The van der Waals surface area contributed by atoms with Crippen LogP contribution in [0.4, 0.5) is 4.79 Å². The predicted octanol–water partition coefficient (Wildman–Crippen LogP) is 5.03. The molecule has 6 heteroatoms. The third-order valence-corrected chi connectivity index (χ3v) is 5.18. The van der Waals surface area contributed by atoms with Gasteiger partial charge in [0.25, 0.3) is 0 Å². The number of ether oxygens (including phenoxy) is 2. The van der Waals surface area contributed by atoms with Crippen LogP contribution in [-0.4, -0.2) is 19.1 Å². The van der Waals surface area contributed by atoms with Crippen molar-refractivity contribution in [2.75, 3.05) is 7.11 Å². The summed E-state index contributed by atoms with van der Waals surface area (Å²) in [7, 11) is 1.33. The number of rotatable bonds is 5. The van der Waals surface area contributed by atoms with E-state index in [9.17, 15) is 9.59 Å². The van der Waals surface area contributed by atoms with Gasteiger partial charge in [0.2, 0.25) is 0 Å². The second-order valence-electron chi connectivity index (χ2n) is 7.67. The van der Waals surface area contributed by atoms with E-state index in [0.717, 1.165) is 28.0 Å². The van der Waals surface area contributed by atoms with Gasteiger partial charge in [-0.3, -0.25) is 0 Å². The molecule has 0 saturated carbocycles. The molecule has 0 fully saturated rings. The fraction of sp³-hybridized carbons (Fsp3) is 0.154. The molecular weight excluding hydrogens is 404 g/mol. The van der Waals surface area contributed by atoms with Gasteiger partial charge in [-0.1, -0.05) is 48.5 Å². The molecule has 1 atom stereocenters. The molecule has 0 spiro atoms. The molecular formula is C26H24N2O4. The smallest absolute Gasteiger partial charge is 0.338 e. The number of hydrogen-bond donors (Lipinski definition) is 2. The Hall–Kier alpha value is -4.06. The summed E-state index contributed by atoms with van der Waals surface area (Å²) in [4.78, 5) is 25.1. The Labute approximate surface area is 186 Å². The Bertz CT molecular complexity index is 1160. The van der Waals surface area contributed by atoms with E-state index >= 15 is 0 Å². The van der Waals surface area contributed by atoms with Gasteiger partial charge in [-0.25, -0.2) is 9.59 Å². The molecule has 0 aliphatic carbocycles. The lowest BCUT2D eigenvalue weighted by molar-refractivity contribution is -0.136. The third-order valence-electron chi connectivity index (χ3n) is 5.18. The number of methoxy groups -OCH3 is 1. The molecule has 1 aliphatic heterocycles. The SMILES string of the molecule is COC(=O)C1=C(c2ccccc2)NC(=O)NC1c1ccc(Oc2cc(C)cc(C)c2)cc1. The van der Waals surface area contributed by atoms with E-state index in [1.54, 1.807) is 0 Å². The monoisotopic (exact) mass is 428 g/mol. The molecule has 0 bridgehead atoms. The molecule has 3 aromatic rings. The summed E-state index contributed by atoms with van der Waals surface area (Å²) in [6.07, 6.45) is 0. The topological polar surface area (TPSA) is 76.7 Å². The summed E-state index contributed by atoms with van der Waals surface area (Å²) >= 11 is 0. The zero-order chi connectivity index (χ0) is 22.7. The molecule has 0 radical (unpaired) electrons. The van der Waals surface area contributed by atoms with Crippen LogP contribution in [0, 0.1) is 13.8 Å². The van der Waals surface area contributed by atoms with Crippen LogP contribution < -0.4 is 15.4 Å². The van der Waals surface area contributed by atoms with Crippen LogP contribution in [0.25, 0.3) is 5.70 Å². The number of benzene rings is 3. The highest BCUT2D eigenvalue weighted by molar-refractivity contribution is 6.04. The molecule has 32 heavy (non-hydrogen) atoms. The second-order valence-corrected chi connectivity index (χ2v) is 7.67. The van der Waals surface area contributed by atoms with Gasteiger partial charge in [0, 0.05) is 0 Å². The molecule has 4 rings (SSSR count). The van der Waals surface area contributed by atoms with Gasteiger partial charge in [0.15, 0.2) is 0 Å². The Morgan fingerprint density at radius 1 is 0.875 bits per heavy atom. The Morgan fingerprint density at radius 3 is 2.16 bits per heavy atom. The molecule has 2 amide bonds.